The first-order valence-electron chi connectivity index (χ1n) is 38.2. The molecule has 90 heavy (non-hydrogen) atoms. The van der Waals surface area contributed by atoms with Crippen LogP contribution in [0.2, 0.25) is 0 Å². The summed E-state index contributed by atoms with van der Waals surface area (Å²) in [6.07, 6.45) is 61.7. The quantitative estimate of drug-likeness (QED) is 0.0204. The molecular formula is C76H143NO13. The molecule has 2 aliphatic heterocycles. The van der Waals surface area contributed by atoms with E-state index in [-0.39, 0.29) is 12.5 Å². The summed E-state index contributed by atoms with van der Waals surface area (Å²) < 4.78 is 23.0. The van der Waals surface area contributed by atoms with Gasteiger partial charge in [0.25, 0.3) is 0 Å². The molecule has 2 aliphatic rings. The maximum absolute atomic E-state index is 13.4. The van der Waals surface area contributed by atoms with Gasteiger partial charge in [-0.25, -0.2) is 0 Å². The molecule has 2 saturated heterocycles. The number of amides is 1. The Hall–Kier alpha value is -1.79. The molecule has 0 aromatic heterocycles. The molecule has 0 spiro atoms. The maximum atomic E-state index is 13.4. The van der Waals surface area contributed by atoms with E-state index in [4.69, 9.17) is 18.9 Å². The number of aliphatic hydroxyl groups excluding tert-OH is 8. The minimum atomic E-state index is -1.78. The van der Waals surface area contributed by atoms with Crippen LogP contribution in [0.25, 0.3) is 0 Å². The van der Waals surface area contributed by atoms with Gasteiger partial charge in [-0.15, -0.1) is 0 Å². The standard InChI is InChI=1S/C76H143NO13/c1-3-5-7-9-11-13-15-17-19-21-23-25-27-29-31-32-34-35-37-39-41-43-45-47-49-51-53-55-57-59-65(80)64(63-87-75-73(86)71(84)74(67(62-79)89-75)90-76-72(85)70(83)69(82)66(61-78)88-76)77-68(81)60-58-56-54-52-50-48-46-44-42-40-38-36-33-30-28-26-24-22-20-18-16-14-12-10-8-6-4-2/h16,18,22,24,28,30,64-67,69-76,78-80,82-86H,3-15,17,19-21,23,25-27,29,31-63H2,1-2H3,(H,77,81)/b18-16-,24-22-,30-28-. The van der Waals surface area contributed by atoms with Crippen molar-refractivity contribution in [3.63, 3.8) is 0 Å². The Morgan fingerprint density at radius 1 is 0.400 bits per heavy atom. The average molecular weight is 1280 g/mol. The van der Waals surface area contributed by atoms with Crippen molar-refractivity contribution < 1.29 is 64.6 Å². The highest BCUT2D eigenvalue weighted by molar-refractivity contribution is 5.76. The van der Waals surface area contributed by atoms with Crippen LogP contribution in [0.1, 0.15) is 348 Å². The summed E-state index contributed by atoms with van der Waals surface area (Å²) in [5, 5.41) is 87.8. The third-order valence-electron chi connectivity index (χ3n) is 18.9. The van der Waals surface area contributed by atoms with Gasteiger partial charge in [-0.3, -0.25) is 4.79 Å². The predicted molar refractivity (Wildman–Crippen MR) is 369 cm³/mol. The zero-order chi connectivity index (χ0) is 65.2. The smallest absolute Gasteiger partial charge is 0.220 e. The lowest BCUT2D eigenvalue weighted by molar-refractivity contribution is -0.359. The average Bonchev–Trinajstić information content (AvgIpc) is 1.41. The number of unbranched alkanes of at least 4 members (excludes halogenated alkanes) is 45. The molecule has 2 rings (SSSR count). The molecule has 14 nitrogen and oxygen atoms in total. The number of nitrogens with one attached hydrogen (secondary N) is 1. The Balaban J connectivity index is 1.64. The van der Waals surface area contributed by atoms with Crippen molar-refractivity contribution in [2.45, 2.75) is 421 Å². The topological polar surface area (TPSA) is 228 Å². The summed E-state index contributed by atoms with van der Waals surface area (Å²) in [7, 11) is 0. The molecule has 0 aromatic rings. The van der Waals surface area contributed by atoms with E-state index in [2.05, 4.69) is 55.6 Å². The highest BCUT2D eigenvalue weighted by Gasteiger charge is 2.51. The molecule has 2 heterocycles. The number of allylic oxidation sites excluding steroid dienone is 6. The Labute approximate surface area is 551 Å². The largest absolute Gasteiger partial charge is 0.394 e. The molecule has 1 amide bonds. The Bertz CT molecular complexity index is 1650. The second kappa shape index (κ2) is 60.8. The number of ether oxygens (including phenoxy) is 4. The lowest BCUT2D eigenvalue weighted by atomic mass is 9.97. The number of aliphatic hydroxyl groups is 8. The monoisotopic (exact) mass is 1280 g/mol. The van der Waals surface area contributed by atoms with Crippen LogP contribution in [0, 0.1) is 0 Å². The molecule has 0 bridgehead atoms. The van der Waals surface area contributed by atoms with Crippen molar-refractivity contribution >= 4 is 5.91 Å². The molecule has 0 aliphatic carbocycles. The van der Waals surface area contributed by atoms with Gasteiger partial charge in [0.2, 0.25) is 5.91 Å². The maximum Gasteiger partial charge on any atom is 0.220 e. The first kappa shape index (κ1) is 84.3. The second-order valence-corrected chi connectivity index (χ2v) is 27.1. The van der Waals surface area contributed by atoms with Crippen LogP contribution in [-0.4, -0.2) is 140 Å². The van der Waals surface area contributed by atoms with Gasteiger partial charge in [-0.05, 0) is 51.4 Å². The van der Waals surface area contributed by atoms with Crippen LogP contribution in [0.3, 0.4) is 0 Å². The second-order valence-electron chi connectivity index (χ2n) is 27.1. The van der Waals surface area contributed by atoms with E-state index < -0.39 is 86.8 Å². The van der Waals surface area contributed by atoms with E-state index >= 15 is 0 Å². The van der Waals surface area contributed by atoms with Gasteiger partial charge in [0, 0.05) is 6.42 Å². The zero-order valence-electron chi connectivity index (χ0n) is 57.9. The van der Waals surface area contributed by atoms with Crippen molar-refractivity contribution in [3.8, 4) is 0 Å². The molecule has 2 fully saturated rings. The van der Waals surface area contributed by atoms with Gasteiger partial charge in [-0.1, -0.05) is 326 Å². The van der Waals surface area contributed by atoms with Crippen LogP contribution in [0.15, 0.2) is 36.5 Å². The third-order valence-corrected chi connectivity index (χ3v) is 18.9. The first-order valence-corrected chi connectivity index (χ1v) is 38.2. The van der Waals surface area contributed by atoms with E-state index in [9.17, 15) is 45.6 Å². The van der Waals surface area contributed by atoms with E-state index in [0.717, 1.165) is 64.2 Å². The molecule has 9 N–H and O–H groups in total. The molecule has 14 heteroatoms. The Morgan fingerprint density at radius 3 is 1.12 bits per heavy atom. The van der Waals surface area contributed by atoms with Crippen LogP contribution in [0.4, 0.5) is 0 Å². The van der Waals surface area contributed by atoms with Gasteiger partial charge in [-0.2, -0.15) is 0 Å². The van der Waals surface area contributed by atoms with E-state index in [1.165, 1.54) is 257 Å². The fourth-order valence-electron chi connectivity index (χ4n) is 12.8. The summed E-state index contributed by atoms with van der Waals surface area (Å²) in [4.78, 5) is 13.4. The molecular weight excluding hydrogens is 1130 g/mol. The van der Waals surface area contributed by atoms with Crippen molar-refractivity contribution in [3.05, 3.63) is 36.5 Å². The highest BCUT2D eigenvalue weighted by atomic mass is 16.7. The fourth-order valence-corrected chi connectivity index (χ4v) is 12.8. The normalized spacial score (nSPS) is 23.0. The van der Waals surface area contributed by atoms with Crippen molar-refractivity contribution in [1.82, 2.24) is 5.32 Å². The lowest BCUT2D eigenvalue weighted by Gasteiger charge is -2.46. The summed E-state index contributed by atoms with van der Waals surface area (Å²) in [6.45, 7) is 2.91. The van der Waals surface area contributed by atoms with Gasteiger partial charge >= 0.3 is 0 Å². The van der Waals surface area contributed by atoms with Gasteiger partial charge < -0.3 is 65.1 Å². The number of hydrogen-bond donors (Lipinski definition) is 9. The Morgan fingerprint density at radius 2 is 0.733 bits per heavy atom. The Kier molecular flexibility index (Phi) is 57.0. The van der Waals surface area contributed by atoms with Crippen LogP contribution in [0.5, 0.6) is 0 Å². The fraction of sp³-hybridized carbons (Fsp3) is 0.908. The van der Waals surface area contributed by atoms with E-state index in [1.54, 1.807) is 0 Å². The minimum absolute atomic E-state index is 0.203. The van der Waals surface area contributed by atoms with Crippen molar-refractivity contribution in [1.29, 1.82) is 0 Å². The lowest BCUT2D eigenvalue weighted by Crippen LogP contribution is -2.65. The van der Waals surface area contributed by atoms with Crippen LogP contribution in [-0.2, 0) is 23.7 Å². The molecule has 530 valence electrons. The summed E-state index contributed by atoms with van der Waals surface area (Å²) >= 11 is 0. The van der Waals surface area contributed by atoms with E-state index in [0.29, 0.717) is 12.8 Å². The molecule has 0 radical (unpaired) electrons. The molecule has 12 unspecified atom stereocenters. The number of rotatable bonds is 64. The number of carbonyl (C=O) groups is 1. The summed E-state index contributed by atoms with van der Waals surface area (Å²) in [5.74, 6) is -0.203. The van der Waals surface area contributed by atoms with Gasteiger partial charge in [0.05, 0.1) is 32.0 Å². The SMILES string of the molecule is CCCCCCC/C=C\C/C=C\C/C=C\CCCCCCCCCCCCCCC(=O)NC(COC1OC(CO)C(OC2OC(CO)C(O)C(O)C2O)C(O)C1O)C(O)CCCCCCCCCCCCCCCCCCCCCCCCCCCCCCC. The van der Waals surface area contributed by atoms with E-state index in [1.807, 2.05) is 0 Å². The number of hydrogen-bond acceptors (Lipinski definition) is 13. The molecule has 12 atom stereocenters. The highest BCUT2D eigenvalue weighted by Crippen LogP contribution is 2.30. The first-order chi connectivity index (χ1) is 44.1. The molecule has 0 aromatic carbocycles. The van der Waals surface area contributed by atoms with Crippen LogP contribution < -0.4 is 5.32 Å². The zero-order valence-corrected chi connectivity index (χ0v) is 57.9. The predicted octanol–water partition coefficient (Wildman–Crippen LogP) is 16.5. The van der Waals surface area contributed by atoms with Crippen molar-refractivity contribution in [2.75, 3.05) is 19.8 Å². The summed E-state index contributed by atoms with van der Waals surface area (Å²) in [6, 6.07) is -0.832. The molecule has 0 saturated carbocycles. The number of carbonyl (C=O) groups excluding carboxylic acids is 1. The minimum Gasteiger partial charge on any atom is -0.394 e. The van der Waals surface area contributed by atoms with Crippen molar-refractivity contribution in [2.24, 2.45) is 0 Å². The summed E-state index contributed by atoms with van der Waals surface area (Å²) in [5.41, 5.74) is 0. The third kappa shape index (κ3) is 44.0. The van der Waals surface area contributed by atoms with Gasteiger partial charge in [0.1, 0.15) is 48.8 Å². The van der Waals surface area contributed by atoms with Gasteiger partial charge in [0.15, 0.2) is 12.6 Å². The van der Waals surface area contributed by atoms with Crippen LogP contribution >= 0.6 is 0 Å².